The summed E-state index contributed by atoms with van der Waals surface area (Å²) in [6, 6.07) is 5.11. The standard InChI is InChI=1S/C16H26N4O4S/c1-4-9-19-25(23,24)13-7-5-12(6-8-13)20-14(21)10-18-16(22)15(17)11(2)3/h5-8,11,15,19H,4,9-10,17H2,1-3H3,(H,18,22)(H,20,21)/t15-/m0/s1. The number of benzene rings is 1. The van der Waals surface area contributed by atoms with E-state index >= 15 is 0 Å². The molecule has 0 saturated carbocycles. The van der Waals surface area contributed by atoms with Crippen molar-refractivity contribution in [3.8, 4) is 0 Å². The molecule has 1 rings (SSSR count). The van der Waals surface area contributed by atoms with Crippen LogP contribution in [0.2, 0.25) is 0 Å². The van der Waals surface area contributed by atoms with Crippen LogP contribution in [0.4, 0.5) is 5.69 Å². The van der Waals surface area contributed by atoms with Crippen LogP contribution in [0.25, 0.3) is 0 Å². The third-order valence-corrected chi connectivity index (χ3v) is 4.91. The lowest BCUT2D eigenvalue weighted by Crippen LogP contribution is -2.46. The average Bonchev–Trinajstić information content (AvgIpc) is 2.57. The van der Waals surface area contributed by atoms with Gasteiger partial charge in [0.15, 0.2) is 0 Å². The molecule has 0 heterocycles. The smallest absolute Gasteiger partial charge is 0.243 e. The molecule has 2 amide bonds. The molecule has 0 aliphatic rings. The molecule has 25 heavy (non-hydrogen) atoms. The maximum absolute atomic E-state index is 12.0. The Labute approximate surface area is 148 Å². The van der Waals surface area contributed by atoms with Gasteiger partial charge in [-0.3, -0.25) is 9.59 Å². The van der Waals surface area contributed by atoms with E-state index in [-0.39, 0.29) is 17.4 Å². The Hall–Kier alpha value is -1.97. The summed E-state index contributed by atoms with van der Waals surface area (Å²) in [7, 11) is -3.54. The van der Waals surface area contributed by atoms with Crippen LogP contribution < -0.4 is 21.1 Å². The molecule has 0 saturated heterocycles. The minimum atomic E-state index is -3.54. The Balaban J connectivity index is 2.58. The molecular formula is C16H26N4O4S. The molecular weight excluding hydrogens is 344 g/mol. The van der Waals surface area contributed by atoms with Crippen molar-refractivity contribution in [1.29, 1.82) is 0 Å². The lowest BCUT2D eigenvalue weighted by Gasteiger charge is -2.15. The highest BCUT2D eigenvalue weighted by atomic mass is 32.2. The highest BCUT2D eigenvalue weighted by Crippen LogP contribution is 2.13. The van der Waals surface area contributed by atoms with Gasteiger partial charge in [0.25, 0.3) is 0 Å². The zero-order chi connectivity index (χ0) is 19.0. The van der Waals surface area contributed by atoms with Crippen molar-refractivity contribution in [1.82, 2.24) is 10.0 Å². The van der Waals surface area contributed by atoms with E-state index in [4.69, 9.17) is 5.73 Å². The van der Waals surface area contributed by atoms with Crippen molar-refractivity contribution >= 4 is 27.5 Å². The fourth-order valence-corrected chi connectivity index (χ4v) is 2.96. The molecule has 0 bridgehead atoms. The van der Waals surface area contributed by atoms with Crippen LogP contribution in [0, 0.1) is 5.92 Å². The topological polar surface area (TPSA) is 130 Å². The monoisotopic (exact) mass is 370 g/mol. The van der Waals surface area contributed by atoms with Gasteiger partial charge in [-0.25, -0.2) is 13.1 Å². The summed E-state index contributed by atoms with van der Waals surface area (Å²) in [6.07, 6.45) is 0.694. The van der Waals surface area contributed by atoms with Crippen LogP contribution in [0.3, 0.4) is 0 Å². The minimum absolute atomic E-state index is 0.0288. The van der Waals surface area contributed by atoms with E-state index in [1.165, 1.54) is 24.3 Å². The first-order valence-corrected chi connectivity index (χ1v) is 9.58. The lowest BCUT2D eigenvalue weighted by molar-refractivity contribution is -0.125. The van der Waals surface area contributed by atoms with Crippen LogP contribution in [0.5, 0.6) is 0 Å². The first-order chi connectivity index (χ1) is 11.7. The maximum atomic E-state index is 12.0. The van der Waals surface area contributed by atoms with Gasteiger partial charge < -0.3 is 16.4 Å². The van der Waals surface area contributed by atoms with Crippen LogP contribution in [-0.4, -0.2) is 39.4 Å². The van der Waals surface area contributed by atoms with Crippen LogP contribution in [0.1, 0.15) is 27.2 Å². The zero-order valence-corrected chi connectivity index (χ0v) is 15.5. The minimum Gasteiger partial charge on any atom is -0.346 e. The largest absolute Gasteiger partial charge is 0.346 e. The molecule has 0 aliphatic carbocycles. The molecule has 1 aromatic carbocycles. The second-order valence-electron chi connectivity index (χ2n) is 5.96. The third kappa shape index (κ3) is 6.81. The number of carbonyl (C=O) groups is 2. The van der Waals surface area contributed by atoms with E-state index in [1.807, 2.05) is 20.8 Å². The first-order valence-electron chi connectivity index (χ1n) is 8.10. The third-order valence-electron chi connectivity index (χ3n) is 3.43. The Morgan fingerprint density at radius 1 is 1.16 bits per heavy atom. The summed E-state index contributed by atoms with van der Waals surface area (Å²) in [5.41, 5.74) is 6.12. The number of anilines is 1. The number of rotatable bonds is 9. The van der Waals surface area contributed by atoms with Gasteiger partial charge in [0.05, 0.1) is 17.5 Å². The summed E-state index contributed by atoms with van der Waals surface area (Å²) in [5.74, 6) is -0.850. The summed E-state index contributed by atoms with van der Waals surface area (Å²) >= 11 is 0. The predicted octanol–water partition coefficient (Wildman–Crippen LogP) is 0.413. The van der Waals surface area contributed by atoms with Gasteiger partial charge in [-0.15, -0.1) is 0 Å². The van der Waals surface area contributed by atoms with Crippen molar-refractivity contribution in [2.75, 3.05) is 18.4 Å². The molecule has 0 fully saturated rings. The van der Waals surface area contributed by atoms with Crippen molar-refractivity contribution in [2.45, 2.75) is 38.1 Å². The number of carbonyl (C=O) groups excluding carboxylic acids is 2. The van der Waals surface area contributed by atoms with Gasteiger partial charge >= 0.3 is 0 Å². The molecule has 0 radical (unpaired) electrons. The molecule has 8 nitrogen and oxygen atoms in total. The molecule has 1 aromatic rings. The van der Waals surface area contributed by atoms with Crippen molar-refractivity contribution in [3.63, 3.8) is 0 Å². The number of hydrogen-bond donors (Lipinski definition) is 4. The predicted molar refractivity (Wildman–Crippen MR) is 96.4 cm³/mol. The van der Waals surface area contributed by atoms with Crippen molar-refractivity contribution < 1.29 is 18.0 Å². The van der Waals surface area contributed by atoms with E-state index in [1.54, 1.807) is 0 Å². The quantitative estimate of drug-likeness (QED) is 0.500. The van der Waals surface area contributed by atoms with E-state index in [9.17, 15) is 18.0 Å². The number of nitrogens with two attached hydrogens (primary N) is 1. The first kappa shape index (κ1) is 21.1. The molecule has 1 atom stereocenters. The van der Waals surface area contributed by atoms with Crippen molar-refractivity contribution in [2.24, 2.45) is 11.7 Å². The number of hydrogen-bond acceptors (Lipinski definition) is 5. The molecule has 0 aliphatic heterocycles. The molecule has 140 valence electrons. The van der Waals surface area contributed by atoms with E-state index in [0.29, 0.717) is 18.7 Å². The lowest BCUT2D eigenvalue weighted by atomic mass is 10.1. The van der Waals surface area contributed by atoms with Gasteiger partial charge in [-0.2, -0.15) is 0 Å². The summed E-state index contributed by atoms with van der Waals surface area (Å²) < 4.78 is 26.4. The Kier molecular flexibility index (Phi) is 8.01. The second kappa shape index (κ2) is 9.50. The molecule has 5 N–H and O–H groups in total. The summed E-state index contributed by atoms with van der Waals surface area (Å²) in [6.45, 7) is 5.65. The van der Waals surface area contributed by atoms with E-state index in [2.05, 4.69) is 15.4 Å². The molecule has 9 heteroatoms. The average molecular weight is 370 g/mol. The molecule has 0 unspecified atom stereocenters. The Morgan fingerprint density at radius 2 is 1.76 bits per heavy atom. The zero-order valence-electron chi connectivity index (χ0n) is 14.7. The second-order valence-corrected chi connectivity index (χ2v) is 7.72. The van der Waals surface area contributed by atoms with Gasteiger partial charge in [0, 0.05) is 12.2 Å². The summed E-state index contributed by atoms with van der Waals surface area (Å²) in [4.78, 5) is 23.6. The van der Waals surface area contributed by atoms with Gasteiger partial charge in [-0.1, -0.05) is 20.8 Å². The summed E-state index contributed by atoms with van der Waals surface area (Å²) in [5, 5.41) is 5.04. The van der Waals surface area contributed by atoms with Gasteiger partial charge in [0.2, 0.25) is 21.8 Å². The van der Waals surface area contributed by atoms with Crippen molar-refractivity contribution in [3.05, 3.63) is 24.3 Å². The molecule has 0 aromatic heterocycles. The number of nitrogens with one attached hydrogen (secondary N) is 3. The highest BCUT2D eigenvalue weighted by Gasteiger charge is 2.18. The molecule has 0 spiro atoms. The van der Waals surface area contributed by atoms with Crippen LogP contribution in [0.15, 0.2) is 29.2 Å². The number of amides is 2. The van der Waals surface area contributed by atoms with Crippen LogP contribution >= 0.6 is 0 Å². The Bertz CT molecular complexity index is 687. The number of sulfonamides is 1. The fourth-order valence-electron chi connectivity index (χ4n) is 1.83. The fraction of sp³-hybridized carbons (Fsp3) is 0.500. The van der Waals surface area contributed by atoms with Gasteiger partial charge in [-0.05, 0) is 36.6 Å². The van der Waals surface area contributed by atoms with Gasteiger partial charge in [0.1, 0.15) is 0 Å². The SMILES string of the molecule is CCCNS(=O)(=O)c1ccc(NC(=O)CNC(=O)[C@@H](N)C(C)C)cc1. The normalized spacial score (nSPS) is 12.7. The maximum Gasteiger partial charge on any atom is 0.243 e. The van der Waals surface area contributed by atoms with Crippen LogP contribution in [-0.2, 0) is 19.6 Å². The van der Waals surface area contributed by atoms with E-state index < -0.39 is 27.9 Å². The highest BCUT2D eigenvalue weighted by molar-refractivity contribution is 7.89. The van der Waals surface area contributed by atoms with E-state index in [0.717, 1.165) is 0 Å². The Morgan fingerprint density at radius 3 is 2.28 bits per heavy atom.